The van der Waals surface area contributed by atoms with E-state index < -0.39 is 66.6 Å². The molecule has 89 heavy (non-hydrogen) atoms. The van der Waals surface area contributed by atoms with Gasteiger partial charge in [0.2, 0.25) is 0 Å². The first-order valence-corrected chi connectivity index (χ1v) is 31.9. The lowest BCUT2D eigenvalue weighted by atomic mass is 10.1. The third kappa shape index (κ3) is 20.7. The number of amides is 3. The summed E-state index contributed by atoms with van der Waals surface area (Å²) in [6.07, 6.45) is 0.553. The van der Waals surface area contributed by atoms with Crippen LogP contribution in [-0.2, 0) is 59.8 Å². The molecule has 0 saturated carbocycles. The maximum Gasteiger partial charge on any atom is 0.339 e. The van der Waals surface area contributed by atoms with E-state index in [4.69, 9.17) is 18.9 Å². The second-order valence-electron chi connectivity index (χ2n) is 20.8. The Kier molecular flexibility index (Phi) is 24.8. The van der Waals surface area contributed by atoms with Gasteiger partial charge < -0.3 is 49.1 Å². The zero-order valence-corrected chi connectivity index (χ0v) is 50.9. The molecule has 0 saturated heterocycles. The molecule has 5 aromatic carbocycles. The van der Waals surface area contributed by atoms with Crippen molar-refractivity contribution in [1.82, 2.24) is 30.0 Å². The number of aromatic carboxylic acids is 1. The maximum atomic E-state index is 14.3. The molecule has 23 nitrogen and oxygen atoms in total. The molecule has 0 bridgehead atoms. The van der Waals surface area contributed by atoms with E-state index in [0.29, 0.717) is 22.5 Å². The second kappa shape index (κ2) is 32.7. The highest BCUT2D eigenvalue weighted by atomic mass is 32.2. The van der Waals surface area contributed by atoms with Crippen molar-refractivity contribution in [3.8, 4) is 23.0 Å². The largest absolute Gasteiger partial charge is 0.484 e. The SMILES string of the molecule is Cc1cc(C(=O)NCCN(CCNC(=O)c2ccc(C(=O)O)c(OCc3ccccc3)c2OCc2ccccc2)CCNC(=O)c2cc(C)n(CCCCS(=O)(=O)O)c(=O)c2OCc2ccccc2)c(OCc2ccccc2)c(=O)n1CCCCS(=O)(=O)O. The monoisotopic (exact) mass is 1260 g/mol. The lowest BCUT2D eigenvalue weighted by Crippen LogP contribution is -2.43. The average molecular weight is 1260 g/mol. The van der Waals surface area contributed by atoms with Crippen LogP contribution < -0.4 is 46.0 Å². The van der Waals surface area contributed by atoms with E-state index in [1.807, 2.05) is 41.3 Å². The molecule has 0 unspecified atom stereocenters. The minimum atomic E-state index is -4.23. The number of carboxylic acid groups (broad SMARTS) is 1. The molecule has 0 atom stereocenters. The van der Waals surface area contributed by atoms with E-state index in [1.54, 1.807) is 98.8 Å². The molecule has 25 heteroatoms. The Bertz CT molecular complexity index is 3740. The predicted octanol–water partition coefficient (Wildman–Crippen LogP) is 6.87. The predicted molar refractivity (Wildman–Crippen MR) is 332 cm³/mol. The van der Waals surface area contributed by atoms with Gasteiger partial charge in [-0.05, 0) is 86.1 Å². The fourth-order valence-electron chi connectivity index (χ4n) is 9.50. The molecular formula is C64H72N6O17S2. The van der Waals surface area contributed by atoms with Crippen molar-refractivity contribution in [2.45, 2.75) is 79.0 Å². The van der Waals surface area contributed by atoms with Gasteiger partial charge in [-0.25, -0.2) is 4.79 Å². The lowest BCUT2D eigenvalue weighted by Gasteiger charge is -2.24. The Labute approximate surface area is 515 Å². The molecule has 2 heterocycles. The zero-order valence-electron chi connectivity index (χ0n) is 49.3. The van der Waals surface area contributed by atoms with E-state index in [0.717, 1.165) is 11.1 Å². The number of unbranched alkanes of at least 4 members (excludes halogenated alkanes) is 2. The molecule has 0 aliphatic heterocycles. The molecular weight excluding hydrogens is 1190 g/mol. The number of rotatable bonds is 35. The lowest BCUT2D eigenvalue weighted by molar-refractivity contribution is 0.0688. The Hall–Kier alpha value is -9.14. The smallest absolute Gasteiger partial charge is 0.339 e. The highest BCUT2D eigenvalue weighted by Crippen LogP contribution is 2.37. The Morgan fingerprint density at radius 3 is 1.07 bits per heavy atom. The first kappa shape index (κ1) is 67.4. The van der Waals surface area contributed by atoms with Gasteiger partial charge in [0.25, 0.3) is 49.1 Å². The fourth-order valence-corrected chi connectivity index (χ4v) is 10.6. The van der Waals surface area contributed by atoms with Crippen LogP contribution in [0, 0.1) is 13.8 Å². The van der Waals surface area contributed by atoms with Gasteiger partial charge in [0.15, 0.2) is 23.0 Å². The van der Waals surface area contributed by atoms with Crippen LogP contribution in [-0.4, -0.2) is 120 Å². The van der Waals surface area contributed by atoms with Crippen LogP contribution in [0.2, 0.25) is 0 Å². The molecule has 0 aliphatic rings. The number of benzene rings is 5. The fraction of sp³-hybridized carbons (Fsp3) is 0.312. The van der Waals surface area contributed by atoms with E-state index in [9.17, 15) is 59.8 Å². The number of ether oxygens (including phenoxy) is 4. The van der Waals surface area contributed by atoms with Crippen LogP contribution in [0.15, 0.2) is 155 Å². The molecule has 0 aliphatic carbocycles. The zero-order chi connectivity index (χ0) is 63.9. The number of aromatic nitrogens is 2. The first-order chi connectivity index (χ1) is 42.7. The van der Waals surface area contributed by atoms with Crippen molar-refractivity contribution in [2.24, 2.45) is 0 Å². The van der Waals surface area contributed by atoms with Crippen molar-refractivity contribution in [2.75, 3.05) is 50.8 Å². The molecule has 2 aromatic heterocycles. The number of hydrogen-bond acceptors (Lipinski definition) is 15. The minimum Gasteiger partial charge on any atom is -0.484 e. The number of carboxylic acids is 1. The van der Waals surface area contributed by atoms with E-state index in [2.05, 4.69) is 16.0 Å². The molecule has 3 amide bonds. The van der Waals surface area contributed by atoms with Gasteiger partial charge in [-0.2, -0.15) is 16.8 Å². The summed E-state index contributed by atoms with van der Waals surface area (Å²) in [4.78, 5) is 85.5. The average Bonchev–Trinajstić information content (AvgIpc) is 1.15. The number of carbonyl (C=O) groups excluding carboxylic acids is 3. The van der Waals surface area contributed by atoms with Crippen LogP contribution in [0.3, 0.4) is 0 Å². The molecule has 7 rings (SSSR count). The van der Waals surface area contributed by atoms with Gasteiger partial charge in [-0.15, -0.1) is 0 Å². The second-order valence-corrected chi connectivity index (χ2v) is 23.9. The number of aryl methyl sites for hydroxylation is 2. The Morgan fingerprint density at radius 2 is 0.742 bits per heavy atom. The van der Waals surface area contributed by atoms with Gasteiger partial charge in [0.1, 0.15) is 32.0 Å². The number of hydrogen-bond donors (Lipinski definition) is 6. The van der Waals surface area contributed by atoms with E-state index in [-0.39, 0.29) is 150 Å². The van der Waals surface area contributed by atoms with Gasteiger partial charge >= 0.3 is 5.97 Å². The molecule has 7 aromatic rings. The normalized spacial score (nSPS) is 11.4. The van der Waals surface area contributed by atoms with Gasteiger partial charge in [0.05, 0.1) is 28.2 Å². The molecule has 6 N–H and O–H groups in total. The van der Waals surface area contributed by atoms with Crippen molar-refractivity contribution in [3.05, 3.63) is 222 Å². The highest BCUT2D eigenvalue weighted by Gasteiger charge is 2.27. The van der Waals surface area contributed by atoms with Crippen molar-refractivity contribution in [1.29, 1.82) is 0 Å². The van der Waals surface area contributed by atoms with Crippen LogP contribution in [0.5, 0.6) is 23.0 Å². The summed E-state index contributed by atoms with van der Waals surface area (Å²) in [6.45, 7) is 3.27. The molecule has 0 radical (unpaired) electrons. The maximum absolute atomic E-state index is 14.3. The van der Waals surface area contributed by atoms with Gasteiger partial charge in [0, 0.05) is 63.7 Å². The quantitative estimate of drug-likeness (QED) is 0.0174. The summed E-state index contributed by atoms with van der Waals surface area (Å²) in [7, 11) is -8.47. The van der Waals surface area contributed by atoms with Crippen molar-refractivity contribution < 1.29 is 69.2 Å². The third-order valence-corrected chi connectivity index (χ3v) is 15.7. The van der Waals surface area contributed by atoms with E-state index >= 15 is 0 Å². The summed E-state index contributed by atoms with van der Waals surface area (Å²) in [5.74, 6) is -5.07. The summed E-state index contributed by atoms with van der Waals surface area (Å²) in [5, 5.41) is 18.9. The molecule has 472 valence electrons. The first-order valence-electron chi connectivity index (χ1n) is 28.7. The van der Waals surface area contributed by atoms with Gasteiger partial charge in [-0.3, -0.25) is 38.0 Å². The number of carbonyl (C=O) groups is 4. The summed E-state index contributed by atoms with van der Waals surface area (Å²) < 4.78 is 91.4. The van der Waals surface area contributed by atoms with Crippen molar-refractivity contribution in [3.63, 3.8) is 0 Å². The van der Waals surface area contributed by atoms with E-state index in [1.165, 1.54) is 33.4 Å². The third-order valence-electron chi connectivity index (χ3n) is 14.1. The van der Waals surface area contributed by atoms with Crippen molar-refractivity contribution >= 4 is 43.9 Å². The van der Waals surface area contributed by atoms with Crippen LogP contribution in [0.1, 0.15) is 101 Å². The highest BCUT2D eigenvalue weighted by molar-refractivity contribution is 7.86. The summed E-state index contributed by atoms with van der Waals surface area (Å²) in [6, 6.07) is 41.6. The van der Waals surface area contributed by atoms with Gasteiger partial charge in [-0.1, -0.05) is 121 Å². The number of nitrogens with zero attached hydrogens (tertiary/aromatic N) is 3. The summed E-state index contributed by atoms with van der Waals surface area (Å²) in [5.41, 5.74) is 1.95. The number of nitrogens with one attached hydrogen (secondary N) is 3. The van der Waals surface area contributed by atoms with Crippen LogP contribution in [0.4, 0.5) is 0 Å². The standard InChI is InChI=1S/C64H72N6O17S2/c1-45-39-53(57(86-43-49-23-11-5-12-24-49)62(74)69(45)32-15-17-37-88(78,79)80)60(72)66-30-35-68(36-31-67-61(73)54-40-46(2)70(33-16-18-38-89(81,82)83)63(75)58(54)87-44-50-25-13-6-14-26-50)34-29-65-59(71)51-27-28-52(64(76)77)56(85-42-48-21-9-4-10-22-48)55(51)84-41-47-19-7-3-8-20-47/h3-14,19-28,39-40H,15-18,29-38,41-44H2,1-2H3,(H,65,71)(H,66,72)(H,67,73)(H,76,77)(H,78,79,80)(H,81,82,83). The van der Waals surface area contributed by atoms with Crippen LogP contribution >= 0.6 is 0 Å². The van der Waals surface area contributed by atoms with Crippen LogP contribution in [0.25, 0.3) is 0 Å². The number of pyridine rings is 2. The summed E-state index contributed by atoms with van der Waals surface area (Å²) >= 11 is 0. The molecule has 0 spiro atoms. The Balaban J connectivity index is 1.13. The minimum absolute atomic E-state index is 0.0266. The topological polar surface area (TPSA) is 318 Å². The Morgan fingerprint density at radius 1 is 0.438 bits per heavy atom. The molecule has 0 fully saturated rings.